The van der Waals surface area contributed by atoms with Crippen LogP contribution in [0.15, 0.2) is 0 Å². The van der Waals surface area contributed by atoms with E-state index in [1.165, 1.54) is 0 Å². The van der Waals surface area contributed by atoms with E-state index < -0.39 is 18.5 Å². The van der Waals surface area contributed by atoms with E-state index in [4.69, 9.17) is 9.31 Å². The third kappa shape index (κ3) is 9.47. The molecule has 0 radical (unpaired) electrons. The quantitative estimate of drug-likeness (QED) is 0.678. The van der Waals surface area contributed by atoms with Gasteiger partial charge in [0.25, 0.3) is 0 Å². The molecule has 0 atom stereocenters. The van der Waals surface area contributed by atoms with Crippen molar-refractivity contribution in [1.29, 1.82) is 0 Å². The summed E-state index contributed by atoms with van der Waals surface area (Å²) in [5.41, 5.74) is -0.881. The van der Waals surface area contributed by atoms with Crippen molar-refractivity contribution in [2.24, 2.45) is 5.41 Å². The molecule has 0 unspecified atom stereocenters. The highest BCUT2D eigenvalue weighted by molar-refractivity contribution is 6.96. The van der Waals surface area contributed by atoms with Crippen LogP contribution in [0.4, 0.5) is 4.79 Å². The maximum Gasteiger partial charge on any atom is 0.465 e. The van der Waals surface area contributed by atoms with Gasteiger partial charge in [-0.15, -0.1) is 0 Å². The summed E-state index contributed by atoms with van der Waals surface area (Å²) < 4.78 is 10.4. The van der Waals surface area contributed by atoms with Crippen molar-refractivity contribution in [3.8, 4) is 0 Å². The minimum Gasteiger partial charge on any atom is -0.501 e. The number of hydrogen-bond acceptors (Lipinski definition) is 4. The number of amides is 2. The number of hydrogen-bond donors (Lipinski definition) is 2. The first-order chi connectivity index (χ1) is 8.42. The molecule has 6 nitrogen and oxygen atoms in total. The Kier molecular flexibility index (Phi) is 6.49. The largest absolute Gasteiger partial charge is 0.501 e. The molecular formula is C10H23B3N2O4. The molecule has 9 heteroatoms. The van der Waals surface area contributed by atoms with Crippen LogP contribution < -0.4 is 10.5 Å². The van der Waals surface area contributed by atoms with Crippen LogP contribution in [0.3, 0.4) is 0 Å². The topological polar surface area (TPSA) is 76.7 Å². The fraction of sp³-hybridized carbons (Fsp3) is 0.800. The molecule has 106 valence electrons. The Labute approximate surface area is 117 Å². The van der Waals surface area contributed by atoms with Crippen LogP contribution in [-0.4, -0.2) is 39.9 Å². The van der Waals surface area contributed by atoms with Gasteiger partial charge < -0.3 is 19.8 Å². The van der Waals surface area contributed by atoms with Gasteiger partial charge in [0.2, 0.25) is 5.91 Å². The number of carbonyl (C=O) groups is 2. The third-order valence-electron chi connectivity index (χ3n) is 1.96. The van der Waals surface area contributed by atoms with E-state index in [2.05, 4.69) is 10.5 Å². The fourth-order valence-electron chi connectivity index (χ4n) is 1.18. The predicted octanol–water partition coefficient (Wildman–Crippen LogP) is -0.425. The molecule has 0 spiro atoms. The highest BCUT2D eigenvalue weighted by Gasteiger charge is 2.24. The van der Waals surface area contributed by atoms with Crippen molar-refractivity contribution < 1.29 is 18.9 Å². The van der Waals surface area contributed by atoms with Crippen LogP contribution >= 0.6 is 0 Å². The molecule has 0 aliphatic rings. The van der Waals surface area contributed by atoms with Crippen molar-refractivity contribution >= 4 is 34.3 Å². The molecule has 0 aliphatic heterocycles. The van der Waals surface area contributed by atoms with E-state index in [0.29, 0.717) is 0 Å². The Bertz CT molecular complexity index is 326. The van der Waals surface area contributed by atoms with Gasteiger partial charge in [-0.2, -0.15) is 0 Å². The van der Waals surface area contributed by atoms with Gasteiger partial charge in [0.05, 0.1) is 0 Å². The van der Waals surface area contributed by atoms with E-state index in [1.54, 1.807) is 28.5 Å². The lowest BCUT2D eigenvalue weighted by Crippen LogP contribution is -2.47. The molecule has 0 heterocycles. The first kappa shape index (κ1) is 17.9. The summed E-state index contributed by atoms with van der Waals surface area (Å²) in [7, 11) is 1.01. The van der Waals surface area contributed by atoms with E-state index in [1.807, 2.05) is 20.8 Å². The summed E-state index contributed by atoms with van der Waals surface area (Å²) in [6.07, 6.45) is -0.633. The zero-order valence-electron chi connectivity index (χ0n) is 12.9. The lowest BCUT2D eigenvalue weighted by molar-refractivity contribution is -0.126. The minimum atomic E-state index is -0.654. The molecule has 0 aromatic carbocycles. The summed E-state index contributed by atoms with van der Waals surface area (Å²) in [6.45, 7) is 11.0. The van der Waals surface area contributed by atoms with E-state index in [9.17, 15) is 9.59 Å². The van der Waals surface area contributed by atoms with Crippen LogP contribution in [0.5, 0.6) is 0 Å². The Balaban J connectivity index is 3.92. The molecule has 0 aliphatic carbocycles. The Morgan fingerprint density at radius 2 is 1.63 bits per heavy atom. The molecule has 0 aromatic rings. The Hall–Kier alpha value is -1.11. The summed E-state index contributed by atoms with van der Waals surface area (Å²) in [5, 5.41) is 5.01. The summed E-state index contributed by atoms with van der Waals surface area (Å²) >= 11 is 0. The number of nitrogens with one attached hydrogen (secondary N) is 2. The summed E-state index contributed by atoms with van der Waals surface area (Å²) in [5.74, 6) is -0.146. The molecule has 0 saturated heterocycles. The van der Waals surface area contributed by atoms with Gasteiger partial charge in [0, 0.05) is 11.0 Å². The van der Waals surface area contributed by atoms with Gasteiger partial charge in [0.15, 0.2) is 7.74 Å². The highest BCUT2D eigenvalue weighted by Crippen LogP contribution is 2.11. The minimum absolute atomic E-state index is 0.0250. The average molecular weight is 268 g/mol. The van der Waals surface area contributed by atoms with Crippen LogP contribution in [-0.2, 0) is 14.1 Å². The molecule has 2 amide bonds. The smallest absolute Gasteiger partial charge is 0.465 e. The van der Waals surface area contributed by atoms with Gasteiger partial charge in [-0.25, -0.2) is 4.79 Å². The highest BCUT2D eigenvalue weighted by atomic mass is 16.6. The standard InChI is InChI=1S/C10H23B3N2O4/c1-9(2,3)7(16)14-12-15-8(17)18-13(11)19-10(4,5)6/h12H,11H2,1-6H3,(H,14,16)(H,15,17). The Morgan fingerprint density at radius 3 is 2.05 bits per heavy atom. The second-order valence-corrected chi connectivity index (χ2v) is 6.31. The molecule has 0 fully saturated rings. The molecule has 0 rings (SSSR count). The van der Waals surface area contributed by atoms with Gasteiger partial charge in [-0.3, -0.25) is 4.79 Å². The fourth-order valence-corrected chi connectivity index (χ4v) is 1.18. The van der Waals surface area contributed by atoms with Crippen LogP contribution in [0.2, 0.25) is 0 Å². The van der Waals surface area contributed by atoms with Gasteiger partial charge in [0.1, 0.15) is 0 Å². The molecule has 0 aromatic heterocycles. The van der Waals surface area contributed by atoms with Gasteiger partial charge in [-0.1, -0.05) is 20.8 Å². The SMILES string of the molecule is BB(OC(=O)NBNC(=O)C(C)(C)C)OC(C)(C)C. The molecule has 0 bridgehead atoms. The Morgan fingerprint density at radius 1 is 1.11 bits per heavy atom. The summed E-state index contributed by atoms with van der Waals surface area (Å²) in [4.78, 5) is 22.9. The second kappa shape index (κ2) is 6.89. The molecular weight excluding hydrogens is 245 g/mol. The normalized spacial score (nSPS) is 11.5. The van der Waals surface area contributed by atoms with E-state index in [0.717, 1.165) is 0 Å². The number of rotatable bonds is 4. The lowest BCUT2D eigenvalue weighted by atomic mass is 9.62. The van der Waals surface area contributed by atoms with Gasteiger partial charge >= 0.3 is 20.7 Å². The monoisotopic (exact) mass is 268 g/mol. The number of carbonyl (C=O) groups excluding carboxylic acids is 2. The van der Waals surface area contributed by atoms with Crippen LogP contribution in [0.1, 0.15) is 41.5 Å². The zero-order valence-corrected chi connectivity index (χ0v) is 12.9. The zero-order chi connectivity index (χ0) is 15.3. The maximum atomic E-state index is 11.5. The molecule has 19 heavy (non-hydrogen) atoms. The van der Waals surface area contributed by atoms with Crippen LogP contribution in [0.25, 0.3) is 0 Å². The van der Waals surface area contributed by atoms with Crippen molar-refractivity contribution in [1.82, 2.24) is 10.5 Å². The summed E-state index contributed by atoms with van der Waals surface area (Å²) in [6, 6.07) is 0. The average Bonchev–Trinajstić information content (AvgIpc) is 2.12. The third-order valence-corrected chi connectivity index (χ3v) is 1.96. The lowest BCUT2D eigenvalue weighted by Gasteiger charge is -2.23. The maximum absolute atomic E-state index is 11.5. The molecule has 2 N–H and O–H groups in total. The first-order valence-corrected chi connectivity index (χ1v) is 6.32. The molecule has 0 saturated carbocycles. The van der Waals surface area contributed by atoms with Gasteiger partial charge in [-0.05, 0) is 20.8 Å². The first-order valence-electron chi connectivity index (χ1n) is 6.32. The predicted molar refractivity (Wildman–Crippen MR) is 79.5 cm³/mol. The van der Waals surface area contributed by atoms with Crippen LogP contribution in [0, 0.1) is 5.41 Å². The second-order valence-electron chi connectivity index (χ2n) is 6.31. The van der Waals surface area contributed by atoms with E-state index in [-0.39, 0.29) is 19.1 Å². The van der Waals surface area contributed by atoms with Crippen molar-refractivity contribution in [2.45, 2.75) is 47.1 Å². The van der Waals surface area contributed by atoms with Crippen molar-refractivity contribution in [3.05, 3.63) is 0 Å². The van der Waals surface area contributed by atoms with Crippen molar-refractivity contribution in [2.75, 3.05) is 0 Å². The van der Waals surface area contributed by atoms with Crippen molar-refractivity contribution in [3.63, 3.8) is 0 Å². The van der Waals surface area contributed by atoms with E-state index >= 15 is 0 Å².